The summed E-state index contributed by atoms with van der Waals surface area (Å²) in [7, 11) is 1.95. The van der Waals surface area contributed by atoms with Crippen molar-refractivity contribution in [3.63, 3.8) is 0 Å². The van der Waals surface area contributed by atoms with E-state index in [1.807, 2.05) is 41.9 Å². The quantitative estimate of drug-likeness (QED) is 0.801. The highest BCUT2D eigenvalue weighted by molar-refractivity contribution is 5.75. The van der Waals surface area contributed by atoms with Crippen LogP contribution in [0.25, 0.3) is 11.0 Å². The zero-order valence-corrected chi connectivity index (χ0v) is 11.5. The monoisotopic (exact) mass is 280 g/mol. The van der Waals surface area contributed by atoms with Crippen LogP contribution in [0.15, 0.2) is 42.5 Å². The summed E-state index contributed by atoms with van der Waals surface area (Å²) < 4.78 is 15.1. The first-order chi connectivity index (χ1) is 10.2. The number of fused-ring (bicyclic) bond motifs is 1. The molecule has 0 bridgehead atoms. The molecule has 0 unspecified atom stereocenters. The van der Waals surface area contributed by atoms with Gasteiger partial charge in [-0.3, -0.25) is 0 Å². The maximum absolute atomic E-state index is 13.1. The van der Waals surface area contributed by atoms with Crippen molar-refractivity contribution >= 4 is 16.7 Å². The molecule has 0 saturated heterocycles. The van der Waals surface area contributed by atoms with Gasteiger partial charge in [-0.15, -0.1) is 0 Å². The van der Waals surface area contributed by atoms with Crippen LogP contribution in [0.1, 0.15) is 11.4 Å². The van der Waals surface area contributed by atoms with Gasteiger partial charge < -0.3 is 9.88 Å². The number of rotatable bonds is 3. The molecule has 104 valence electrons. The van der Waals surface area contributed by atoms with E-state index in [1.54, 1.807) is 6.07 Å². The Labute approximate surface area is 121 Å². The van der Waals surface area contributed by atoms with Crippen molar-refractivity contribution in [1.29, 1.82) is 5.26 Å². The molecule has 3 aromatic rings. The van der Waals surface area contributed by atoms with Crippen molar-refractivity contribution in [3.8, 4) is 6.07 Å². The number of aromatic nitrogens is 2. The minimum absolute atomic E-state index is 0.286. The lowest BCUT2D eigenvalue weighted by Gasteiger charge is -2.08. The summed E-state index contributed by atoms with van der Waals surface area (Å²) in [6.07, 6.45) is 0. The third-order valence-electron chi connectivity index (χ3n) is 3.42. The van der Waals surface area contributed by atoms with Gasteiger partial charge in [0, 0.05) is 7.05 Å². The van der Waals surface area contributed by atoms with Gasteiger partial charge in [0.05, 0.1) is 28.8 Å². The standard InChI is InChI=1S/C16H13FN4/c1-21-15-5-3-2-4-14(15)20-16(21)10-19-13-7-6-12(17)8-11(13)9-18/h2-8,19H,10H2,1H3. The first kappa shape index (κ1) is 13.1. The van der Waals surface area contributed by atoms with Crippen molar-refractivity contribution in [2.24, 2.45) is 7.05 Å². The second-order valence-corrected chi connectivity index (χ2v) is 4.73. The topological polar surface area (TPSA) is 53.6 Å². The van der Waals surface area contributed by atoms with E-state index in [1.165, 1.54) is 12.1 Å². The average molecular weight is 280 g/mol. The van der Waals surface area contributed by atoms with Gasteiger partial charge in [0.2, 0.25) is 0 Å². The lowest BCUT2D eigenvalue weighted by Crippen LogP contribution is -2.07. The molecule has 0 spiro atoms. The highest BCUT2D eigenvalue weighted by Crippen LogP contribution is 2.18. The van der Waals surface area contributed by atoms with Gasteiger partial charge >= 0.3 is 0 Å². The summed E-state index contributed by atoms with van der Waals surface area (Å²) in [6.45, 7) is 0.464. The number of aryl methyl sites for hydroxylation is 1. The van der Waals surface area contributed by atoms with E-state index in [0.29, 0.717) is 12.2 Å². The van der Waals surface area contributed by atoms with Gasteiger partial charge in [0.25, 0.3) is 0 Å². The summed E-state index contributed by atoms with van der Waals surface area (Å²) in [5.74, 6) is 0.434. The van der Waals surface area contributed by atoms with Crippen LogP contribution in [0.3, 0.4) is 0 Å². The molecule has 0 radical (unpaired) electrons. The van der Waals surface area contributed by atoms with Crippen LogP contribution >= 0.6 is 0 Å². The number of hydrogen-bond donors (Lipinski definition) is 1. The third-order valence-corrected chi connectivity index (χ3v) is 3.42. The normalized spacial score (nSPS) is 10.5. The fraction of sp³-hybridized carbons (Fsp3) is 0.125. The molecule has 0 amide bonds. The fourth-order valence-corrected chi connectivity index (χ4v) is 2.29. The molecule has 1 heterocycles. The lowest BCUT2D eigenvalue weighted by atomic mass is 10.2. The number of anilines is 1. The summed E-state index contributed by atoms with van der Waals surface area (Å²) in [6, 6.07) is 14.0. The summed E-state index contributed by atoms with van der Waals surface area (Å²) in [4.78, 5) is 4.54. The molecular formula is C16H13FN4. The van der Waals surface area contributed by atoms with E-state index >= 15 is 0 Å². The fourth-order valence-electron chi connectivity index (χ4n) is 2.29. The van der Waals surface area contributed by atoms with E-state index in [-0.39, 0.29) is 5.56 Å². The minimum Gasteiger partial charge on any atom is -0.377 e. The van der Waals surface area contributed by atoms with Crippen LogP contribution in [0, 0.1) is 17.1 Å². The zero-order chi connectivity index (χ0) is 14.8. The molecule has 4 nitrogen and oxygen atoms in total. The Kier molecular flexibility index (Phi) is 3.28. The van der Waals surface area contributed by atoms with Gasteiger partial charge in [-0.05, 0) is 30.3 Å². The summed E-state index contributed by atoms with van der Waals surface area (Å²) in [5.41, 5.74) is 2.87. The van der Waals surface area contributed by atoms with Crippen molar-refractivity contribution in [3.05, 3.63) is 59.7 Å². The summed E-state index contributed by atoms with van der Waals surface area (Å²) in [5, 5.41) is 12.2. The Morgan fingerprint density at radius 3 is 2.86 bits per heavy atom. The Hall–Kier alpha value is -2.87. The average Bonchev–Trinajstić information content (AvgIpc) is 2.83. The van der Waals surface area contributed by atoms with Crippen LogP contribution in [0.4, 0.5) is 10.1 Å². The molecule has 0 aliphatic rings. The molecule has 0 fully saturated rings. The van der Waals surface area contributed by atoms with Crippen molar-refractivity contribution < 1.29 is 4.39 Å². The van der Waals surface area contributed by atoms with Crippen LogP contribution in [-0.2, 0) is 13.6 Å². The van der Waals surface area contributed by atoms with E-state index in [4.69, 9.17) is 5.26 Å². The number of nitrogens with one attached hydrogen (secondary N) is 1. The largest absolute Gasteiger partial charge is 0.377 e. The van der Waals surface area contributed by atoms with E-state index in [2.05, 4.69) is 10.3 Å². The van der Waals surface area contributed by atoms with Gasteiger partial charge in [0.15, 0.2) is 0 Å². The van der Waals surface area contributed by atoms with Crippen LogP contribution < -0.4 is 5.32 Å². The molecule has 1 N–H and O–H groups in total. The second kappa shape index (κ2) is 5.25. The molecule has 2 aromatic carbocycles. The van der Waals surface area contributed by atoms with Crippen molar-refractivity contribution in [2.75, 3.05) is 5.32 Å². The molecule has 0 atom stereocenters. The smallest absolute Gasteiger partial charge is 0.128 e. The zero-order valence-electron chi connectivity index (χ0n) is 11.5. The third kappa shape index (κ3) is 2.43. The minimum atomic E-state index is -0.417. The maximum Gasteiger partial charge on any atom is 0.128 e. The maximum atomic E-state index is 13.1. The Morgan fingerprint density at radius 2 is 2.10 bits per heavy atom. The number of para-hydroxylation sites is 2. The van der Waals surface area contributed by atoms with Crippen molar-refractivity contribution in [1.82, 2.24) is 9.55 Å². The summed E-state index contributed by atoms with van der Waals surface area (Å²) >= 11 is 0. The Balaban J connectivity index is 1.87. The van der Waals surface area contributed by atoms with Gasteiger partial charge in [0.1, 0.15) is 17.7 Å². The Morgan fingerprint density at radius 1 is 1.29 bits per heavy atom. The molecule has 0 aliphatic carbocycles. The highest BCUT2D eigenvalue weighted by atomic mass is 19.1. The molecule has 0 saturated carbocycles. The Bertz CT molecular complexity index is 845. The number of halogens is 1. The van der Waals surface area contributed by atoms with E-state index in [9.17, 15) is 4.39 Å². The molecule has 0 aliphatic heterocycles. The predicted molar refractivity (Wildman–Crippen MR) is 79.2 cm³/mol. The number of nitriles is 1. The highest BCUT2D eigenvalue weighted by Gasteiger charge is 2.08. The SMILES string of the molecule is Cn1c(CNc2ccc(F)cc2C#N)nc2ccccc21. The molecule has 3 rings (SSSR count). The van der Waals surface area contributed by atoms with Gasteiger partial charge in [-0.25, -0.2) is 9.37 Å². The number of nitrogens with zero attached hydrogens (tertiary/aromatic N) is 3. The van der Waals surface area contributed by atoms with Crippen molar-refractivity contribution in [2.45, 2.75) is 6.54 Å². The number of imidazole rings is 1. The lowest BCUT2D eigenvalue weighted by molar-refractivity contribution is 0.627. The molecule has 1 aromatic heterocycles. The first-order valence-electron chi connectivity index (χ1n) is 6.53. The number of hydrogen-bond acceptors (Lipinski definition) is 3. The number of benzene rings is 2. The molecular weight excluding hydrogens is 267 g/mol. The van der Waals surface area contributed by atoms with Gasteiger partial charge in [-0.2, -0.15) is 5.26 Å². The first-order valence-corrected chi connectivity index (χ1v) is 6.53. The predicted octanol–water partition coefficient (Wildman–Crippen LogP) is 3.20. The van der Waals surface area contributed by atoms with Crippen LogP contribution in [0.5, 0.6) is 0 Å². The van der Waals surface area contributed by atoms with Crippen LogP contribution in [0.2, 0.25) is 0 Å². The second-order valence-electron chi connectivity index (χ2n) is 4.73. The molecule has 5 heteroatoms. The molecule has 21 heavy (non-hydrogen) atoms. The van der Waals surface area contributed by atoms with E-state index in [0.717, 1.165) is 16.9 Å². The van der Waals surface area contributed by atoms with Crippen LogP contribution in [-0.4, -0.2) is 9.55 Å². The van der Waals surface area contributed by atoms with E-state index < -0.39 is 5.82 Å². The van der Waals surface area contributed by atoms with Gasteiger partial charge in [-0.1, -0.05) is 12.1 Å².